The number of unbranched alkanes of at least 4 members (excludes halogenated alkanes) is 6. The van der Waals surface area contributed by atoms with Crippen LogP contribution in [-0.2, 0) is 0 Å². The first-order chi connectivity index (χ1) is 8.56. The summed E-state index contributed by atoms with van der Waals surface area (Å²) < 4.78 is 0. The standard InChI is InChI=1S/2C6H15N.CH2O3/c2*1-2-3-4-5-6-7;2-1(3)4/h2*2-7H2,1H3;(H2,2,3,4). The Balaban J connectivity index is -0.000000196. The Morgan fingerprint density at radius 3 is 1.22 bits per heavy atom. The van der Waals surface area contributed by atoms with E-state index in [2.05, 4.69) is 25.3 Å². The second-order valence-electron chi connectivity index (χ2n) is 4.08. The molecular formula is C13H32N2O3. The second-order valence-corrected chi connectivity index (χ2v) is 4.08. The van der Waals surface area contributed by atoms with Crippen LogP contribution in [0.25, 0.3) is 0 Å². The van der Waals surface area contributed by atoms with Crippen LogP contribution in [0.1, 0.15) is 65.2 Å². The summed E-state index contributed by atoms with van der Waals surface area (Å²) in [5.41, 5.74) is 7.51. The van der Waals surface area contributed by atoms with Gasteiger partial charge in [-0.3, -0.25) is 0 Å². The molecule has 0 aromatic rings. The van der Waals surface area contributed by atoms with Gasteiger partial charge >= 0.3 is 0 Å². The molecule has 0 radical (unpaired) electrons. The van der Waals surface area contributed by atoms with Crippen LogP contribution in [0.2, 0.25) is 0 Å². The monoisotopic (exact) mass is 264 g/mol. The van der Waals surface area contributed by atoms with Crippen molar-refractivity contribution in [2.45, 2.75) is 65.2 Å². The number of carboxylic acid groups (broad SMARTS) is 2. The van der Waals surface area contributed by atoms with Crippen molar-refractivity contribution in [1.82, 2.24) is 0 Å². The van der Waals surface area contributed by atoms with Gasteiger partial charge in [-0.1, -0.05) is 39.5 Å². The van der Waals surface area contributed by atoms with Gasteiger partial charge in [-0.15, -0.1) is 0 Å². The molecule has 18 heavy (non-hydrogen) atoms. The van der Waals surface area contributed by atoms with Gasteiger partial charge in [0.2, 0.25) is 0 Å². The summed E-state index contributed by atoms with van der Waals surface area (Å²) in [6, 6.07) is 0. The van der Waals surface area contributed by atoms with E-state index in [0.717, 1.165) is 13.1 Å². The van der Waals surface area contributed by atoms with Crippen molar-refractivity contribution >= 4 is 6.16 Å². The van der Waals surface area contributed by atoms with Crippen molar-refractivity contribution in [3.63, 3.8) is 0 Å². The molecule has 0 aliphatic heterocycles. The molecule has 0 saturated carbocycles. The fourth-order valence-electron chi connectivity index (χ4n) is 1.21. The third-order valence-corrected chi connectivity index (χ3v) is 2.21. The van der Waals surface area contributed by atoms with E-state index in [1.807, 2.05) is 0 Å². The maximum Gasteiger partial charge on any atom is 0.0739 e. The van der Waals surface area contributed by atoms with Gasteiger partial charge in [0, 0.05) is 0 Å². The van der Waals surface area contributed by atoms with E-state index in [0.29, 0.717) is 0 Å². The van der Waals surface area contributed by atoms with Crippen molar-refractivity contribution in [1.29, 1.82) is 0 Å². The molecule has 5 heteroatoms. The van der Waals surface area contributed by atoms with Crippen LogP contribution in [0.5, 0.6) is 0 Å². The predicted octanol–water partition coefficient (Wildman–Crippen LogP) is -0.830. The lowest BCUT2D eigenvalue weighted by molar-refractivity contribution is -0.415. The SMILES string of the molecule is CCCCCC[NH3+].CCCCCC[NH3+].O=C([O-])[O-]. The topological polar surface area (TPSA) is 118 Å². The largest absolute Gasteiger partial charge is 0.652 e. The maximum atomic E-state index is 8.33. The Labute approximate surface area is 112 Å². The lowest BCUT2D eigenvalue weighted by Crippen LogP contribution is -2.50. The molecule has 0 unspecified atom stereocenters. The molecule has 0 aromatic carbocycles. The molecule has 112 valence electrons. The second kappa shape index (κ2) is 25.1. The van der Waals surface area contributed by atoms with Crippen LogP contribution in [0.4, 0.5) is 4.79 Å². The molecule has 0 aliphatic carbocycles. The summed E-state index contributed by atoms with van der Waals surface area (Å²) in [5.74, 6) is 0. The molecule has 0 rings (SSSR count). The number of quaternary nitrogens is 2. The van der Waals surface area contributed by atoms with Gasteiger partial charge in [0.05, 0.1) is 13.1 Å². The van der Waals surface area contributed by atoms with Crippen LogP contribution in [0, 0.1) is 0 Å². The zero-order chi connectivity index (χ0) is 14.6. The molecule has 0 aliphatic rings. The van der Waals surface area contributed by atoms with Crippen molar-refractivity contribution in [2.24, 2.45) is 0 Å². The Bertz CT molecular complexity index is 122. The zero-order valence-electron chi connectivity index (χ0n) is 12.2. The molecular weight excluding hydrogens is 232 g/mol. The zero-order valence-corrected chi connectivity index (χ0v) is 12.2. The first-order valence-corrected chi connectivity index (χ1v) is 7.03. The Morgan fingerprint density at radius 2 is 1.06 bits per heavy atom. The molecule has 0 fully saturated rings. The summed E-state index contributed by atoms with van der Waals surface area (Å²) in [6.45, 7) is 6.67. The first-order valence-electron chi connectivity index (χ1n) is 7.03. The molecule has 0 aromatic heterocycles. The highest BCUT2D eigenvalue weighted by molar-refractivity contribution is 5.47. The number of carbonyl (C=O) groups excluding carboxylic acids is 1. The molecule has 0 heterocycles. The van der Waals surface area contributed by atoms with Crippen molar-refractivity contribution in [2.75, 3.05) is 13.1 Å². The lowest BCUT2D eigenvalue weighted by atomic mass is 10.2. The van der Waals surface area contributed by atoms with Crippen LogP contribution >= 0.6 is 0 Å². The Kier molecular flexibility index (Phi) is 31.3. The van der Waals surface area contributed by atoms with E-state index < -0.39 is 6.16 Å². The number of hydrogen-bond acceptors (Lipinski definition) is 3. The van der Waals surface area contributed by atoms with Crippen molar-refractivity contribution < 1.29 is 26.5 Å². The minimum atomic E-state index is -2.33. The number of carbonyl (C=O) groups is 1. The number of hydrogen-bond donors (Lipinski definition) is 2. The highest BCUT2D eigenvalue weighted by atomic mass is 16.6. The minimum Gasteiger partial charge on any atom is -0.652 e. The van der Waals surface area contributed by atoms with E-state index in [1.54, 1.807) is 0 Å². The predicted molar refractivity (Wildman–Crippen MR) is 69.2 cm³/mol. The Morgan fingerprint density at radius 1 is 0.778 bits per heavy atom. The lowest BCUT2D eigenvalue weighted by Gasteiger charge is -1.96. The summed E-state index contributed by atoms with van der Waals surface area (Å²) in [7, 11) is 0. The molecule has 0 amide bonds. The van der Waals surface area contributed by atoms with E-state index in [1.165, 1.54) is 51.4 Å². The van der Waals surface area contributed by atoms with E-state index in [9.17, 15) is 0 Å². The van der Waals surface area contributed by atoms with E-state index in [4.69, 9.17) is 15.0 Å². The number of rotatable bonds is 8. The van der Waals surface area contributed by atoms with Crippen molar-refractivity contribution in [3.05, 3.63) is 0 Å². The average molecular weight is 264 g/mol. The van der Waals surface area contributed by atoms with Crippen LogP contribution in [0.3, 0.4) is 0 Å². The highest BCUT2D eigenvalue weighted by Gasteiger charge is 1.82. The van der Waals surface area contributed by atoms with Gasteiger partial charge in [0.25, 0.3) is 0 Å². The van der Waals surface area contributed by atoms with E-state index in [-0.39, 0.29) is 0 Å². The summed E-state index contributed by atoms with van der Waals surface area (Å²) in [5, 5.41) is 16.7. The summed E-state index contributed by atoms with van der Waals surface area (Å²) in [4.78, 5) is 8.33. The van der Waals surface area contributed by atoms with Crippen molar-refractivity contribution in [3.8, 4) is 0 Å². The van der Waals surface area contributed by atoms with Crippen LogP contribution in [-0.4, -0.2) is 19.2 Å². The molecule has 5 nitrogen and oxygen atoms in total. The first kappa shape index (κ1) is 22.4. The average Bonchev–Trinajstić information content (AvgIpc) is 2.31. The smallest absolute Gasteiger partial charge is 0.0739 e. The molecule has 0 saturated heterocycles. The molecule has 6 N–H and O–H groups in total. The summed E-state index contributed by atoms with van der Waals surface area (Å²) >= 11 is 0. The molecule has 0 bridgehead atoms. The Hall–Kier alpha value is -0.810. The van der Waals surface area contributed by atoms with Crippen LogP contribution in [0.15, 0.2) is 0 Å². The third kappa shape index (κ3) is 59.2. The minimum absolute atomic E-state index is 1.11. The maximum absolute atomic E-state index is 8.33. The summed E-state index contributed by atoms with van der Waals surface area (Å²) in [6.07, 6.45) is 8.48. The fourth-order valence-corrected chi connectivity index (χ4v) is 1.21. The van der Waals surface area contributed by atoms with Gasteiger partial charge in [-0.05, 0) is 31.8 Å². The fraction of sp³-hybridized carbons (Fsp3) is 0.923. The van der Waals surface area contributed by atoms with Gasteiger partial charge in [-0.25, -0.2) is 0 Å². The molecule has 0 atom stereocenters. The van der Waals surface area contributed by atoms with Gasteiger partial charge < -0.3 is 26.5 Å². The third-order valence-electron chi connectivity index (χ3n) is 2.21. The van der Waals surface area contributed by atoms with Crippen LogP contribution < -0.4 is 21.7 Å². The quantitative estimate of drug-likeness (QED) is 0.557. The highest BCUT2D eigenvalue weighted by Crippen LogP contribution is 1.95. The van der Waals surface area contributed by atoms with E-state index >= 15 is 0 Å². The van der Waals surface area contributed by atoms with Gasteiger partial charge in [0.1, 0.15) is 0 Å². The van der Waals surface area contributed by atoms with Gasteiger partial charge in [0.15, 0.2) is 0 Å². The normalized spacial score (nSPS) is 8.67. The van der Waals surface area contributed by atoms with Gasteiger partial charge in [-0.2, -0.15) is 0 Å². The molecule has 0 spiro atoms.